The van der Waals surface area contributed by atoms with Crippen molar-refractivity contribution in [2.45, 2.75) is 25.4 Å². The number of nitrogens with zero attached hydrogens (tertiary/aromatic N) is 5. The van der Waals surface area contributed by atoms with E-state index < -0.39 is 10.0 Å². The van der Waals surface area contributed by atoms with Gasteiger partial charge < -0.3 is 10.2 Å². The van der Waals surface area contributed by atoms with Gasteiger partial charge in [0.1, 0.15) is 0 Å². The van der Waals surface area contributed by atoms with E-state index in [1.807, 2.05) is 0 Å². The average molecular weight is 485 g/mol. The molecule has 1 aromatic heterocycles. The number of anilines is 3. The Morgan fingerprint density at radius 1 is 1.19 bits per heavy atom. The van der Waals surface area contributed by atoms with Crippen molar-refractivity contribution in [1.29, 1.82) is 0 Å². The van der Waals surface area contributed by atoms with Crippen LogP contribution >= 0.6 is 23.2 Å². The van der Waals surface area contributed by atoms with E-state index in [4.69, 9.17) is 23.2 Å². The van der Waals surface area contributed by atoms with Gasteiger partial charge in [-0.2, -0.15) is 4.98 Å². The molecule has 0 radical (unpaired) electrons. The number of carbonyl (C=O) groups excluding carboxylic acids is 1. The van der Waals surface area contributed by atoms with Gasteiger partial charge in [0, 0.05) is 43.0 Å². The lowest BCUT2D eigenvalue weighted by atomic mass is 10.1. The second kappa shape index (κ2) is 8.42. The second-order valence-electron chi connectivity index (χ2n) is 7.69. The monoisotopic (exact) mass is 484 g/mol. The molecule has 0 unspecified atom stereocenters. The molecular weight excluding hydrogens is 463 g/mol. The van der Waals surface area contributed by atoms with Gasteiger partial charge in [-0.1, -0.05) is 23.2 Å². The molecule has 31 heavy (non-hydrogen) atoms. The third kappa shape index (κ3) is 4.57. The molecule has 166 valence electrons. The third-order valence-corrected chi connectivity index (χ3v) is 7.23. The van der Waals surface area contributed by atoms with E-state index in [1.165, 1.54) is 15.5 Å². The molecule has 0 atom stereocenters. The molecule has 0 spiro atoms. The number of halogens is 2. The van der Waals surface area contributed by atoms with Crippen LogP contribution in [0.2, 0.25) is 10.0 Å². The van der Waals surface area contributed by atoms with E-state index in [1.54, 1.807) is 36.3 Å². The van der Waals surface area contributed by atoms with Gasteiger partial charge in [-0.3, -0.25) is 0 Å². The molecule has 0 saturated carbocycles. The van der Waals surface area contributed by atoms with Crippen molar-refractivity contribution in [2.24, 2.45) is 0 Å². The van der Waals surface area contributed by atoms with Crippen LogP contribution in [0.3, 0.4) is 0 Å². The molecule has 9 nitrogen and oxygen atoms in total. The summed E-state index contributed by atoms with van der Waals surface area (Å²) in [6, 6.07) is 4.70. The molecule has 1 saturated heterocycles. The SMILES string of the molecule is CN1Cc2cnc(NC3CCN(S(C)(=O)=O)CC3)nc2N(c2ccc(Cl)cc2Cl)C1=O. The van der Waals surface area contributed by atoms with Gasteiger partial charge in [-0.05, 0) is 31.0 Å². The molecule has 2 aliphatic heterocycles. The minimum atomic E-state index is -3.19. The first-order valence-electron chi connectivity index (χ1n) is 9.71. The van der Waals surface area contributed by atoms with Gasteiger partial charge in [0.25, 0.3) is 0 Å². The minimum absolute atomic E-state index is 0.0329. The predicted molar refractivity (Wildman–Crippen MR) is 121 cm³/mol. The number of benzene rings is 1. The fourth-order valence-electron chi connectivity index (χ4n) is 3.75. The Hall–Kier alpha value is -2.14. The van der Waals surface area contributed by atoms with E-state index in [0.29, 0.717) is 60.0 Å². The second-order valence-corrected chi connectivity index (χ2v) is 10.5. The van der Waals surface area contributed by atoms with Crippen LogP contribution in [0.5, 0.6) is 0 Å². The highest BCUT2D eigenvalue weighted by molar-refractivity contribution is 7.88. The van der Waals surface area contributed by atoms with Crippen LogP contribution in [-0.2, 0) is 16.6 Å². The van der Waals surface area contributed by atoms with Crippen LogP contribution < -0.4 is 10.2 Å². The maximum Gasteiger partial charge on any atom is 0.330 e. The summed E-state index contributed by atoms with van der Waals surface area (Å²) in [5, 5.41) is 4.08. The maximum atomic E-state index is 13.0. The number of aromatic nitrogens is 2. The quantitative estimate of drug-likeness (QED) is 0.714. The fraction of sp³-hybridized carbons (Fsp3) is 0.421. The first kappa shape index (κ1) is 22.1. The molecule has 4 rings (SSSR count). The minimum Gasteiger partial charge on any atom is -0.351 e. The third-order valence-electron chi connectivity index (χ3n) is 5.39. The van der Waals surface area contributed by atoms with Crippen LogP contribution in [0.4, 0.5) is 22.2 Å². The molecule has 2 amide bonds. The molecule has 3 heterocycles. The number of hydrogen-bond acceptors (Lipinski definition) is 6. The number of sulfonamides is 1. The number of fused-ring (bicyclic) bond motifs is 1. The Morgan fingerprint density at radius 2 is 1.90 bits per heavy atom. The molecule has 2 aliphatic rings. The Morgan fingerprint density at radius 3 is 2.55 bits per heavy atom. The summed E-state index contributed by atoms with van der Waals surface area (Å²) in [7, 11) is -1.49. The number of urea groups is 1. The van der Waals surface area contributed by atoms with Gasteiger partial charge in [-0.15, -0.1) is 0 Å². The van der Waals surface area contributed by atoms with Crippen molar-refractivity contribution in [1.82, 2.24) is 19.2 Å². The molecular formula is C19H22Cl2N6O3S. The van der Waals surface area contributed by atoms with Crippen LogP contribution in [0, 0.1) is 0 Å². The van der Waals surface area contributed by atoms with Crippen molar-refractivity contribution in [2.75, 3.05) is 36.6 Å². The Labute approximate surface area is 191 Å². The van der Waals surface area contributed by atoms with Gasteiger partial charge >= 0.3 is 6.03 Å². The van der Waals surface area contributed by atoms with Crippen LogP contribution in [0.25, 0.3) is 0 Å². The summed E-state index contributed by atoms with van der Waals surface area (Å²) in [5.41, 5.74) is 1.26. The summed E-state index contributed by atoms with van der Waals surface area (Å²) >= 11 is 12.4. The van der Waals surface area contributed by atoms with Crippen molar-refractivity contribution >= 4 is 56.7 Å². The van der Waals surface area contributed by atoms with Crippen LogP contribution in [-0.4, -0.2) is 66.1 Å². The van der Waals surface area contributed by atoms with E-state index >= 15 is 0 Å². The number of rotatable bonds is 4. The van der Waals surface area contributed by atoms with Crippen LogP contribution in [0.1, 0.15) is 18.4 Å². The van der Waals surface area contributed by atoms with E-state index in [-0.39, 0.29) is 12.1 Å². The fourth-order valence-corrected chi connectivity index (χ4v) is 5.12. The van der Waals surface area contributed by atoms with Crippen molar-refractivity contribution < 1.29 is 13.2 Å². The zero-order valence-electron chi connectivity index (χ0n) is 17.0. The van der Waals surface area contributed by atoms with E-state index in [2.05, 4.69) is 15.3 Å². The van der Waals surface area contributed by atoms with Gasteiger partial charge in [0.05, 0.1) is 23.5 Å². The Bertz CT molecular complexity index is 1120. The number of piperidine rings is 1. The van der Waals surface area contributed by atoms with Gasteiger partial charge in [-0.25, -0.2) is 27.4 Å². The number of nitrogens with one attached hydrogen (secondary N) is 1. The molecule has 0 aliphatic carbocycles. The normalized spacial score (nSPS) is 18.3. The van der Waals surface area contributed by atoms with Crippen LogP contribution in [0.15, 0.2) is 24.4 Å². The zero-order chi connectivity index (χ0) is 22.3. The number of hydrogen-bond donors (Lipinski definition) is 1. The zero-order valence-corrected chi connectivity index (χ0v) is 19.4. The topological polar surface area (TPSA) is 98.7 Å². The van der Waals surface area contributed by atoms with Crippen molar-refractivity contribution in [3.05, 3.63) is 40.0 Å². The molecule has 12 heteroatoms. The molecule has 1 aromatic carbocycles. The summed E-state index contributed by atoms with van der Waals surface area (Å²) in [4.78, 5) is 25.0. The summed E-state index contributed by atoms with van der Waals surface area (Å²) in [5.74, 6) is 0.836. The first-order valence-corrected chi connectivity index (χ1v) is 12.3. The average Bonchev–Trinajstić information content (AvgIpc) is 2.70. The van der Waals surface area contributed by atoms with E-state index in [9.17, 15) is 13.2 Å². The maximum absolute atomic E-state index is 13.0. The summed E-state index contributed by atoms with van der Waals surface area (Å²) < 4.78 is 24.9. The number of carbonyl (C=O) groups is 1. The lowest BCUT2D eigenvalue weighted by molar-refractivity contribution is 0.213. The lowest BCUT2D eigenvalue weighted by Gasteiger charge is -2.35. The highest BCUT2D eigenvalue weighted by atomic mass is 35.5. The Balaban J connectivity index is 1.61. The summed E-state index contributed by atoms with van der Waals surface area (Å²) in [6.45, 7) is 1.26. The lowest BCUT2D eigenvalue weighted by Crippen LogP contribution is -2.44. The predicted octanol–water partition coefficient (Wildman–Crippen LogP) is 3.32. The van der Waals surface area contributed by atoms with E-state index in [0.717, 1.165) is 5.56 Å². The van der Waals surface area contributed by atoms with Gasteiger partial charge in [0.2, 0.25) is 16.0 Å². The number of amides is 2. The van der Waals surface area contributed by atoms with Crippen molar-refractivity contribution in [3.63, 3.8) is 0 Å². The molecule has 0 bridgehead atoms. The smallest absolute Gasteiger partial charge is 0.330 e. The van der Waals surface area contributed by atoms with Crippen molar-refractivity contribution in [3.8, 4) is 0 Å². The highest BCUT2D eigenvalue weighted by Gasteiger charge is 2.33. The summed E-state index contributed by atoms with van der Waals surface area (Å²) in [6.07, 6.45) is 4.19. The highest BCUT2D eigenvalue weighted by Crippen LogP contribution is 2.38. The van der Waals surface area contributed by atoms with Gasteiger partial charge in [0.15, 0.2) is 5.82 Å². The standard InChI is InChI=1S/C19H22Cl2N6O3S/c1-25-11-12-10-22-18(23-14-5-7-26(8-6-14)31(2,29)30)24-17(12)27(19(25)28)16-4-3-13(20)9-15(16)21/h3-4,9-10,14H,5-8,11H2,1-2H3,(H,22,23,24). The Kier molecular flexibility index (Phi) is 5.99. The molecule has 1 fully saturated rings. The molecule has 1 N–H and O–H groups in total. The molecule has 2 aromatic rings. The largest absolute Gasteiger partial charge is 0.351 e. The first-order chi connectivity index (χ1) is 14.6.